The molecule has 1 aromatic carbocycles. The Bertz CT molecular complexity index is 474. The molecule has 1 heterocycles. The molecule has 0 amide bonds. The molecule has 3 nitrogen and oxygen atoms in total. The minimum atomic E-state index is -2.80. The molecule has 0 unspecified atom stereocenters. The number of ether oxygens (including phenoxy) is 1. The van der Waals surface area contributed by atoms with E-state index in [1.165, 1.54) is 5.56 Å². The molecule has 1 aliphatic rings. The molecule has 94 valence electrons. The average Bonchev–Trinajstić information content (AvgIpc) is 2.34. The molecule has 0 atom stereocenters. The molecule has 0 spiro atoms. The van der Waals surface area contributed by atoms with Crippen molar-refractivity contribution < 1.29 is 13.2 Å². The quantitative estimate of drug-likeness (QED) is 0.812. The Morgan fingerprint density at radius 3 is 2.12 bits per heavy atom. The highest BCUT2D eigenvalue weighted by atomic mass is 32.2. The summed E-state index contributed by atoms with van der Waals surface area (Å²) in [6, 6.07) is 7.95. The first-order valence-corrected chi connectivity index (χ1v) is 7.62. The standard InChI is InChI=1S/C13H18O3S/c1-13(7-9-17(14,15)10-8-13)11-3-5-12(16-2)6-4-11/h3-6H,7-10H2,1-2H3. The van der Waals surface area contributed by atoms with Gasteiger partial charge in [0.25, 0.3) is 0 Å². The van der Waals surface area contributed by atoms with Crippen LogP contribution in [0.5, 0.6) is 5.75 Å². The lowest BCUT2D eigenvalue weighted by Crippen LogP contribution is -2.34. The highest BCUT2D eigenvalue weighted by Crippen LogP contribution is 2.36. The number of benzene rings is 1. The first-order valence-electron chi connectivity index (χ1n) is 5.80. The molecule has 0 aliphatic carbocycles. The van der Waals surface area contributed by atoms with E-state index in [9.17, 15) is 8.42 Å². The molecule has 0 aromatic heterocycles. The van der Waals surface area contributed by atoms with Crippen LogP contribution in [0, 0.1) is 0 Å². The lowest BCUT2D eigenvalue weighted by Gasteiger charge is -2.34. The van der Waals surface area contributed by atoms with E-state index in [1.807, 2.05) is 24.3 Å². The zero-order chi connectivity index (χ0) is 12.5. The van der Waals surface area contributed by atoms with E-state index in [1.54, 1.807) is 7.11 Å². The Morgan fingerprint density at radius 1 is 1.12 bits per heavy atom. The van der Waals surface area contributed by atoms with E-state index in [4.69, 9.17) is 4.74 Å². The Balaban J connectivity index is 2.21. The fourth-order valence-corrected chi connectivity index (χ4v) is 4.00. The monoisotopic (exact) mass is 254 g/mol. The molecule has 1 saturated heterocycles. The highest BCUT2D eigenvalue weighted by molar-refractivity contribution is 7.91. The number of sulfone groups is 1. The van der Waals surface area contributed by atoms with Crippen molar-refractivity contribution in [1.29, 1.82) is 0 Å². The average molecular weight is 254 g/mol. The molecule has 17 heavy (non-hydrogen) atoms. The van der Waals surface area contributed by atoms with Crippen LogP contribution in [0.1, 0.15) is 25.3 Å². The second kappa shape index (κ2) is 4.33. The van der Waals surface area contributed by atoms with Gasteiger partial charge in [0.2, 0.25) is 0 Å². The van der Waals surface area contributed by atoms with Gasteiger partial charge in [0.1, 0.15) is 15.6 Å². The van der Waals surface area contributed by atoms with Crippen LogP contribution in [0.25, 0.3) is 0 Å². The molecule has 4 heteroatoms. The number of rotatable bonds is 2. The van der Waals surface area contributed by atoms with E-state index < -0.39 is 9.84 Å². The Morgan fingerprint density at radius 2 is 1.65 bits per heavy atom. The summed E-state index contributed by atoms with van der Waals surface area (Å²) in [5, 5.41) is 0. The molecule has 0 N–H and O–H groups in total. The lowest BCUT2D eigenvalue weighted by atomic mass is 9.77. The van der Waals surface area contributed by atoms with E-state index >= 15 is 0 Å². The van der Waals surface area contributed by atoms with Crippen molar-refractivity contribution in [2.24, 2.45) is 0 Å². The fraction of sp³-hybridized carbons (Fsp3) is 0.538. The normalized spacial score (nSPS) is 22.0. The Labute approximate surface area is 103 Å². The SMILES string of the molecule is COc1ccc(C2(C)CCS(=O)(=O)CC2)cc1. The third kappa shape index (κ3) is 2.63. The summed E-state index contributed by atoms with van der Waals surface area (Å²) in [5.74, 6) is 1.44. The summed E-state index contributed by atoms with van der Waals surface area (Å²) in [6.07, 6.45) is 1.42. The van der Waals surface area contributed by atoms with Crippen LogP contribution in [0.3, 0.4) is 0 Å². The van der Waals surface area contributed by atoms with Crippen LogP contribution in [0.2, 0.25) is 0 Å². The van der Waals surface area contributed by atoms with Crippen molar-refractivity contribution in [2.45, 2.75) is 25.2 Å². The molecule has 1 fully saturated rings. The van der Waals surface area contributed by atoms with Gasteiger partial charge in [-0.1, -0.05) is 19.1 Å². The third-order valence-electron chi connectivity index (χ3n) is 3.72. The van der Waals surface area contributed by atoms with Gasteiger partial charge in [0.05, 0.1) is 18.6 Å². The molecule has 2 rings (SSSR count). The zero-order valence-corrected chi connectivity index (χ0v) is 11.1. The van der Waals surface area contributed by atoms with Gasteiger partial charge < -0.3 is 4.74 Å². The summed E-state index contributed by atoms with van der Waals surface area (Å²) >= 11 is 0. The predicted octanol–water partition coefficient (Wildman–Crippen LogP) is 2.16. The maximum absolute atomic E-state index is 11.5. The van der Waals surface area contributed by atoms with Crippen LogP contribution < -0.4 is 4.74 Å². The van der Waals surface area contributed by atoms with Crippen molar-refractivity contribution in [3.05, 3.63) is 29.8 Å². The van der Waals surface area contributed by atoms with Crippen molar-refractivity contribution in [2.75, 3.05) is 18.6 Å². The molecule has 1 aromatic rings. The second-order valence-corrected chi connectivity index (χ2v) is 7.24. The second-order valence-electron chi connectivity index (χ2n) is 4.94. The first-order chi connectivity index (χ1) is 7.95. The van der Waals surface area contributed by atoms with E-state index in [0.717, 1.165) is 5.75 Å². The predicted molar refractivity (Wildman–Crippen MR) is 68.2 cm³/mol. The van der Waals surface area contributed by atoms with E-state index in [2.05, 4.69) is 6.92 Å². The minimum absolute atomic E-state index is 0.0163. The molecule has 1 aliphatic heterocycles. The van der Waals surface area contributed by atoms with Crippen molar-refractivity contribution in [1.82, 2.24) is 0 Å². The van der Waals surface area contributed by atoms with Crippen LogP contribution in [0.15, 0.2) is 24.3 Å². The summed E-state index contributed by atoms with van der Waals surface area (Å²) in [6.45, 7) is 2.14. The van der Waals surface area contributed by atoms with Crippen molar-refractivity contribution in [3.63, 3.8) is 0 Å². The molecule has 0 saturated carbocycles. The first kappa shape index (κ1) is 12.4. The van der Waals surface area contributed by atoms with Gasteiger partial charge >= 0.3 is 0 Å². The minimum Gasteiger partial charge on any atom is -0.497 e. The summed E-state index contributed by atoms with van der Waals surface area (Å²) in [4.78, 5) is 0. The van der Waals surface area contributed by atoms with Gasteiger partial charge in [0, 0.05) is 0 Å². The largest absolute Gasteiger partial charge is 0.497 e. The molecule has 0 bridgehead atoms. The number of hydrogen-bond acceptors (Lipinski definition) is 3. The van der Waals surface area contributed by atoms with Crippen LogP contribution >= 0.6 is 0 Å². The van der Waals surface area contributed by atoms with Crippen molar-refractivity contribution >= 4 is 9.84 Å². The van der Waals surface area contributed by atoms with Gasteiger partial charge in [-0.2, -0.15) is 0 Å². The van der Waals surface area contributed by atoms with Crippen LogP contribution in [0.4, 0.5) is 0 Å². The number of hydrogen-bond donors (Lipinski definition) is 0. The third-order valence-corrected chi connectivity index (χ3v) is 5.37. The smallest absolute Gasteiger partial charge is 0.150 e. The van der Waals surface area contributed by atoms with Crippen LogP contribution in [-0.4, -0.2) is 27.0 Å². The van der Waals surface area contributed by atoms with Gasteiger partial charge in [-0.3, -0.25) is 0 Å². The highest BCUT2D eigenvalue weighted by Gasteiger charge is 2.34. The van der Waals surface area contributed by atoms with Gasteiger partial charge in [0.15, 0.2) is 0 Å². The lowest BCUT2D eigenvalue weighted by molar-refractivity contribution is 0.407. The topological polar surface area (TPSA) is 43.4 Å². The van der Waals surface area contributed by atoms with Gasteiger partial charge in [-0.15, -0.1) is 0 Å². The molecular weight excluding hydrogens is 236 g/mol. The Hall–Kier alpha value is -1.03. The van der Waals surface area contributed by atoms with Gasteiger partial charge in [-0.05, 0) is 36.0 Å². The maximum Gasteiger partial charge on any atom is 0.150 e. The molecule has 0 radical (unpaired) electrons. The summed E-state index contributed by atoms with van der Waals surface area (Å²) in [7, 11) is -1.16. The fourth-order valence-electron chi connectivity index (χ4n) is 2.27. The summed E-state index contributed by atoms with van der Waals surface area (Å²) in [5.41, 5.74) is 1.19. The van der Waals surface area contributed by atoms with E-state index in [-0.39, 0.29) is 5.41 Å². The van der Waals surface area contributed by atoms with Gasteiger partial charge in [-0.25, -0.2) is 8.42 Å². The van der Waals surface area contributed by atoms with E-state index in [0.29, 0.717) is 24.3 Å². The summed E-state index contributed by atoms with van der Waals surface area (Å²) < 4.78 is 28.0. The Kier molecular flexibility index (Phi) is 3.17. The zero-order valence-electron chi connectivity index (χ0n) is 10.3. The van der Waals surface area contributed by atoms with Crippen molar-refractivity contribution in [3.8, 4) is 5.75 Å². The molecular formula is C13H18O3S. The maximum atomic E-state index is 11.5. The van der Waals surface area contributed by atoms with Crippen LogP contribution in [-0.2, 0) is 15.3 Å². The number of methoxy groups -OCH3 is 1.